The highest BCUT2D eigenvalue weighted by Crippen LogP contribution is 2.22. The van der Waals surface area contributed by atoms with Gasteiger partial charge >= 0.3 is 0 Å². The maximum atomic E-state index is 12.2. The number of amides is 1. The monoisotopic (exact) mass is 293 g/mol. The molecular weight excluding hydrogens is 266 g/mol. The van der Waals surface area contributed by atoms with Gasteiger partial charge < -0.3 is 5.32 Å². The van der Waals surface area contributed by atoms with E-state index in [2.05, 4.69) is 27.2 Å². The molecule has 1 aliphatic carbocycles. The van der Waals surface area contributed by atoms with Crippen LogP contribution in [0, 0.1) is 0 Å². The number of nitrogens with one attached hydrogen (secondary N) is 1. The van der Waals surface area contributed by atoms with Gasteiger partial charge in [0.15, 0.2) is 0 Å². The minimum atomic E-state index is -0.108. The Balaban J connectivity index is 1.85. The summed E-state index contributed by atoms with van der Waals surface area (Å²) < 4.78 is 1.87. The molecule has 0 bridgehead atoms. The lowest BCUT2D eigenvalue weighted by atomic mass is 10.2. The van der Waals surface area contributed by atoms with Crippen molar-refractivity contribution in [1.29, 1.82) is 0 Å². The van der Waals surface area contributed by atoms with Crippen LogP contribution in [0.25, 0.3) is 0 Å². The molecule has 6 nitrogen and oxygen atoms in total. The lowest BCUT2D eigenvalue weighted by molar-refractivity contribution is -0.123. The molecular formula is C15H27N5O. The molecule has 1 heterocycles. The summed E-state index contributed by atoms with van der Waals surface area (Å²) in [5.41, 5.74) is 0. The van der Waals surface area contributed by atoms with Gasteiger partial charge in [0.1, 0.15) is 12.2 Å². The van der Waals surface area contributed by atoms with E-state index < -0.39 is 0 Å². The van der Waals surface area contributed by atoms with Gasteiger partial charge in [0.05, 0.1) is 12.6 Å². The summed E-state index contributed by atoms with van der Waals surface area (Å²) in [6, 6.07) is 0.457. The van der Waals surface area contributed by atoms with Crippen molar-refractivity contribution < 1.29 is 4.79 Å². The number of hydrogen-bond acceptors (Lipinski definition) is 4. The highest BCUT2D eigenvalue weighted by Gasteiger charge is 2.22. The van der Waals surface area contributed by atoms with Crippen LogP contribution < -0.4 is 5.32 Å². The Morgan fingerprint density at radius 1 is 1.52 bits per heavy atom. The Morgan fingerprint density at radius 3 is 2.90 bits per heavy atom. The van der Waals surface area contributed by atoms with Crippen LogP contribution in [0.5, 0.6) is 0 Å². The topological polar surface area (TPSA) is 63.1 Å². The predicted octanol–water partition coefficient (Wildman–Crippen LogP) is 1.74. The molecule has 1 fully saturated rings. The molecule has 1 saturated carbocycles. The van der Waals surface area contributed by atoms with Crippen molar-refractivity contribution >= 4 is 5.91 Å². The third-order valence-electron chi connectivity index (χ3n) is 4.19. The van der Waals surface area contributed by atoms with Gasteiger partial charge in [0, 0.05) is 12.6 Å². The minimum absolute atomic E-state index is 0.0583. The summed E-state index contributed by atoms with van der Waals surface area (Å²) >= 11 is 0. The Morgan fingerprint density at radius 2 is 2.24 bits per heavy atom. The Labute approximate surface area is 126 Å². The third-order valence-corrected chi connectivity index (χ3v) is 4.19. The lowest BCUT2D eigenvalue weighted by Crippen LogP contribution is -2.40. The van der Waals surface area contributed by atoms with Gasteiger partial charge in [-0.25, -0.2) is 9.67 Å². The van der Waals surface area contributed by atoms with Crippen LogP contribution in [-0.4, -0.2) is 45.2 Å². The molecule has 21 heavy (non-hydrogen) atoms. The van der Waals surface area contributed by atoms with Crippen LogP contribution in [0.1, 0.15) is 57.8 Å². The first-order chi connectivity index (χ1) is 10.1. The van der Waals surface area contributed by atoms with Crippen LogP contribution in [0.15, 0.2) is 6.33 Å². The largest absolute Gasteiger partial charge is 0.345 e. The van der Waals surface area contributed by atoms with E-state index in [0.717, 1.165) is 18.8 Å². The molecule has 118 valence electrons. The van der Waals surface area contributed by atoms with Crippen molar-refractivity contribution in [1.82, 2.24) is 25.0 Å². The molecule has 1 atom stereocenters. The fourth-order valence-electron chi connectivity index (χ4n) is 3.04. The average Bonchev–Trinajstić information content (AvgIpc) is 3.09. The van der Waals surface area contributed by atoms with Crippen molar-refractivity contribution in [3.63, 3.8) is 0 Å². The molecule has 0 radical (unpaired) electrons. The van der Waals surface area contributed by atoms with Crippen LogP contribution in [-0.2, 0) is 11.3 Å². The molecule has 2 rings (SSSR count). The van der Waals surface area contributed by atoms with E-state index in [4.69, 9.17) is 0 Å². The zero-order valence-electron chi connectivity index (χ0n) is 13.4. The normalized spacial score (nSPS) is 17.3. The summed E-state index contributed by atoms with van der Waals surface area (Å²) in [7, 11) is 2.04. The van der Waals surface area contributed by atoms with Gasteiger partial charge in [-0.2, -0.15) is 5.10 Å². The first kappa shape index (κ1) is 15.9. The van der Waals surface area contributed by atoms with Gasteiger partial charge in [-0.3, -0.25) is 9.69 Å². The SMILES string of the molecule is CCCn1ncnc1[C@@H](C)NC(=O)CN(C)C1CCCC1. The van der Waals surface area contributed by atoms with E-state index in [1.165, 1.54) is 25.7 Å². The van der Waals surface area contributed by atoms with Gasteiger partial charge in [-0.05, 0) is 33.2 Å². The van der Waals surface area contributed by atoms with Crippen LogP contribution in [0.2, 0.25) is 0 Å². The molecule has 1 aromatic rings. The third kappa shape index (κ3) is 4.27. The number of likely N-dealkylation sites (N-methyl/N-ethyl adjacent to an activating group) is 1. The molecule has 1 aromatic heterocycles. The number of carbonyl (C=O) groups is 1. The zero-order chi connectivity index (χ0) is 15.2. The van der Waals surface area contributed by atoms with Crippen LogP contribution in [0.3, 0.4) is 0 Å². The second-order valence-electron chi connectivity index (χ2n) is 5.98. The Hall–Kier alpha value is -1.43. The second kappa shape index (κ2) is 7.54. The van der Waals surface area contributed by atoms with E-state index in [1.54, 1.807) is 6.33 Å². The summed E-state index contributed by atoms with van der Waals surface area (Å²) in [5.74, 6) is 0.886. The van der Waals surface area contributed by atoms with Crippen molar-refractivity contribution in [2.45, 2.75) is 64.6 Å². The molecule has 1 aliphatic rings. The van der Waals surface area contributed by atoms with Gasteiger partial charge in [0.25, 0.3) is 0 Å². The number of aromatic nitrogens is 3. The lowest BCUT2D eigenvalue weighted by Gasteiger charge is -2.24. The van der Waals surface area contributed by atoms with Crippen molar-refractivity contribution in [3.8, 4) is 0 Å². The maximum Gasteiger partial charge on any atom is 0.234 e. The number of carbonyl (C=O) groups excluding carboxylic acids is 1. The maximum absolute atomic E-state index is 12.2. The summed E-state index contributed by atoms with van der Waals surface area (Å²) in [6.45, 7) is 5.35. The zero-order valence-corrected chi connectivity index (χ0v) is 13.4. The van der Waals surface area contributed by atoms with E-state index in [9.17, 15) is 4.79 Å². The second-order valence-corrected chi connectivity index (χ2v) is 5.98. The highest BCUT2D eigenvalue weighted by atomic mass is 16.2. The van der Waals surface area contributed by atoms with Crippen molar-refractivity contribution in [2.24, 2.45) is 0 Å². The van der Waals surface area contributed by atoms with Gasteiger partial charge in [-0.1, -0.05) is 19.8 Å². The Bertz CT molecular complexity index is 453. The molecule has 0 aromatic carbocycles. The van der Waals surface area contributed by atoms with Crippen molar-refractivity contribution in [2.75, 3.05) is 13.6 Å². The molecule has 6 heteroatoms. The van der Waals surface area contributed by atoms with Gasteiger partial charge in [-0.15, -0.1) is 0 Å². The summed E-state index contributed by atoms with van der Waals surface area (Å²) in [5, 5.41) is 7.23. The summed E-state index contributed by atoms with van der Waals surface area (Å²) in [6.07, 6.45) is 7.55. The number of hydrogen-bond donors (Lipinski definition) is 1. The predicted molar refractivity (Wildman–Crippen MR) is 81.8 cm³/mol. The standard InChI is InChI=1S/C15H27N5O/c1-4-9-20-15(16-11-17-20)12(2)18-14(21)10-19(3)13-7-5-6-8-13/h11-13H,4-10H2,1-3H3,(H,18,21)/t12-/m1/s1. The quantitative estimate of drug-likeness (QED) is 0.832. The van der Waals surface area contributed by atoms with Crippen molar-refractivity contribution in [3.05, 3.63) is 12.2 Å². The number of rotatable bonds is 7. The highest BCUT2D eigenvalue weighted by molar-refractivity contribution is 5.78. The van der Waals surface area contributed by atoms with Crippen LogP contribution >= 0.6 is 0 Å². The minimum Gasteiger partial charge on any atom is -0.345 e. The average molecular weight is 293 g/mol. The fourth-order valence-corrected chi connectivity index (χ4v) is 3.04. The molecule has 0 aliphatic heterocycles. The van der Waals surface area contributed by atoms with E-state index in [0.29, 0.717) is 12.6 Å². The fraction of sp³-hybridized carbons (Fsp3) is 0.800. The first-order valence-corrected chi connectivity index (χ1v) is 7.99. The molecule has 1 amide bonds. The van der Waals surface area contributed by atoms with E-state index >= 15 is 0 Å². The van der Waals surface area contributed by atoms with Gasteiger partial charge in [0.2, 0.25) is 5.91 Å². The summed E-state index contributed by atoms with van der Waals surface area (Å²) in [4.78, 5) is 18.6. The molecule has 0 saturated heterocycles. The Kier molecular flexibility index (Phi) is 5.73. The smallest absolute Gasteiger partial charge is 0.234 e. The number of nitrogens with zero attached hydrogens (tertiary/aromatic N) is 4. The first-order valence-electron chi connectivity index (χ1n) is 7.99. The van der Waals surface area contributed by atoms with Crippen LogP contribution in [0.4, 0.5) is 0 Å². The number of aryl methyl sites for hydroxylation is 1. The molecule has 0 unspecified atom stereocenters. The molecule has 1 N–H and O–H groups in total. The molecule has 0 spiro atoms. The van der Waals surface area contributed by atoms with E-state index in [1.807, 2.05) is 18.7 Å². The van der Waals surface area contributed by atoms with E-state index in [-0.39, 0.29) is 11.9 Å².